The number of nitrogens with two attached hydrogens (primary N) is 1. The second kappa shape index (κ2) is 1.45. The van der Waals surface area contributed by atoms with Crippen LogP contribution in [0.25, 0.3) is 0 Å². The van der Waals surface area contributed by atoms with Crippen LogP contribution in [0, 0.1) is 5.92 Å². The highest BCUT2D eigenvalue weighted by Crippen LogP contribution is 2.43. The van der Waals surface area contributed by atoms with Crippen LogP contribution in [0.5, 0.6) is 0 Å². The number of rotatable bonds is 1. The number of fused-ring (bicyclic) bond motifs is 1. The summed E-state index contributed by atoms with van der Waals surface area (Å²) in [6, 6.07) is 0.903. The average Bonchev–Trinajstić information content (AvgIpc) is 2.46. The molecule has 0 bridgehead atoms. The van der Waals surface area contributed by atoms with E-state index in [0.717, 1.165) is 18.6 Å². The number of piperidine rings is 1. The fourth-order valence-electron chi connectivity index (χ4n) is 1.71. The van der Waals surface area contributed by atoms with Crippen LogP contribution in [0.1, 0.15) is 12.8 Å². The molecule has 8 heavy (non-hydrogen) atoms. The Bertz CT molecular complexity index is 103. The van der Waals surface area contributed by atoms with E-state index in [-0.39, 0.29) is 0 Å². The zero-order valence-electron chi connectivity index (χ0n) is 5.01. The summed E-state index contributed by atoms with van der Waals surface area (Å²) in [5.41, 5.74) is 5.48. The van der Waals surface area contributed by atoms with E-state index < -0.39 is 0 Å². The highest BCUT2D eigenvalue weighted by Gasteiger charge is 2.45. The van der Waals surface area contributed by atoms with E-state index in [2.05, 4.69) is 4.90 Å². The van der Waals surface area contributed by atoms with Crippen LogP contribution < -0.4 is 5.73 Å². The maximum absolute atomic E-state index is 5.48. The summed E-state index contributed by atoms with van der Waals surface area (Å²) in [5, 5.41) is 0. The van der Waals surface area contributed by atoms with E-state index in [9.17, 15) is 0 Å². The predicted octanol–water partition coefficient (Wildman–Crippen LogP) is -0.00320. The largest absolute Gasteiger partial charge is 0.318 e. The minimum Gasteiger partial charge on any atom is -0.318 e. The molecule has 0 amide bonds. The SMILES string of the molecule is NCN1CCC2CC21. The van der Waals surface area contributed by atoms with Gasteiger partial charge >= 0.3 is 0 Å². The van der Waals surface area contributed by atoms with Crippen molar-refractivity contribution in [1.82, 2.24) is 4.90 Å². The maximum atomic E-state index is 5.48. The lowest BCUT2D eigenvalue weighted by Gasteiger charge is -2.12. The lowest BCUT2D eigenvalue weighted by Crippen LogP contribution is -2.29. The number of nitrogens with zero attached hydrogens (tertiary/aromatic N) is 1. The summed E-state index contributed by atoms with van der Waals surface area (Å²) < 4.78 is 0. The van der Waals surface area contributed by atoms with Crippen LogP contribution in [0.4, 0.5) is 0 Å². The Morgan fingerprint density at radius 3 is 2.75 bits per heavy atom. The molecule has 2 unspecified atom stereocenters. The molecule has 0 aromatic rings. The van der Waals surface area contributed by atoms with Gasteiger partial charge < -0.3 is 5.73 Å². The first-order valence-corrected chi connectivity index (χ1v) is 3.36. The molecule has 2 atom stereocenters. The van der Waals surface area contributed by atoms with Gasteiger partial charge in [-0.2, -0.15) is 0 Å². The average molecular weight is 112 g/mol. The Balaban J connectivity index is 1.97. The van der Waals surface area contributed by atoms with Crippen molar-refractivity contribution >= 4 is 0 Å². The fourth-order valence-corrected chi connectivity index (χ4v) is 1.71. The molecule has 2 aliphatic rings. The zero-order chi connectivity index (χ0) is 5.56. The molecule has 1 aliphatic heterocycles. The first kappa shape index (κ1) is 4.77. The third kappa shape index (κ3) is 0.501. The van der Waals surface area contributed by atoms with E-state index in [1.165, 1.54) is 19.4 Å². The third-order valence-electron chi connectivity index (χ3n) is 2.38. The second-order valence-electron chi connectivity index (χ2n) is 2.85. The molecule has 2 fully saturated rings. The number of likely N-dealkylation sites (tertiary alicyclic amines) is 1. The van der Waals surface area contributed by atoms with Gasteiger partial charge in [0.15, 0.2) is 0 Å². The van der Waals surface area contributed by atoms with E-state index >= 15 is 0 Å². The summed E-state index contributed by atoms with van der Waals surface area (Å²) in [4.78, 5) is 2.38. The molecule has 0 spiro atoms. The van der Waals surface area contributed by atoms with Crippen molar-refractivity contribution in [2.75, 3.05) is 13.2 Å². The van der Waals surface area contributed by atoms with Gasteiger partial charge in [-0.25, -0.2) is 0 Å². The smallest absolute Gasteiger partial charge is 0.0458 e. The van der Waals surface area contributed by atoms with E-state index in [1.54, 1.807) is 0 Å². The van der Waals surface area contributed by atoms with Gasteiger partial charge in [-0.05, 0) is 25.3 Å². The topological polar surface area (TPSA) is 29.3 Å². The van der Waals surface area contributed by atoms with Gasteiger partial charge in [-0.1, -0.05) is 0 Å². The van der Waals surface area contributed by atoms with Gasteiger partial charge in [0.05, 0.1) is 0 Å². The van der Waals surface area contributed by atoms with Crippen molar-refractivity contribution in [2.24, 2.45) is 11.7 Å². The van der Waals surface area contributed by atoms with Crippen molar-refractivity contribution in [3.05, 3.63) is 0 Å². The Labute approximate surface area is 49.7 Å². The third-order valence-corrected chi connectivity index (χ3v) is 2.38. The quantitative estimate of drug-likeness (QED) is 0.517. The second-order valence-corrected chi connectivity index (χ2v) is 2.85. The predicted molar refractivity (Wildman–Crippen MR) is 32.3 cm³/mol. The van der Waals surface area contributed by atoms with Gasteiger partial charge in [0.2, 0.25) is 0 Å². The monoisotopic (exact) mass is 112 g/mol. The normalized spacial score (nSPS) is 44.6. The minimum atomic E-state index is 0.779. The van der Waals surface area contributed by atoms with Gasteiger partial charge in [0.25, 0.3) is 0 Å². The highest BCUT2D eigenvalue weighted by molar-refractivity contribution is 5.00. The maximum Gasteiger partial charge on any atom is 0.0458 e. The zero-order valence-corrected chi connectivity index (χ0v) is 5.01. The molecule has 0 aromatic carbocycles. The Morgan fingerprint density at radius 2 is 2.50 bits per heavy atom. The summed E-state index contributed by atoms with van der Waals surface area (Å²) in [5.74, 6) is 1.04. The van der Waals surface area contributed by atoms with Crippen LogP contribution in [0.3, 0.4) is 0 Å². The van der Waals surface area contributed by atoms with Crippen molar-refractivity contribution in [2.45, 2.75) is 18.9 Å². The van der Waals surface area contributed by atoms with Crippen LogP contribution in [-0.4, -0.2) is 24.2 Å². The molecule has 2 nitrogen and oxygen atoms in total. The summed E-state index contributed by atoms with van der Waals surface area (Å²) in [6.45, 7) is 2.03. The minimum absolute atomic E-state index is 0.779. The molecule has 2 heteroatoms. The van der Waals surface area contributed by atoms with E-state index in [4.69, 9.17) is 5.73 Å². The lowest BCUT2D eigenvalue weighted by atomic mass is 10.3. The molecule has 1 saturated carbocycles. The standard InChI is InChI=1S/C6H12N2/c7-4-8-2-1-5-3-6(5)8/h5-6H,1-4,7H2. The molecular formula is C6H12N2. The summed E-state index contributed by atoms with van der Waals surface area (Å²) in [6.07, 6.45) is 2.83. The Hall–Kier alpha value is -0.0800. The first-order valence-electron chi connectivity index (χ1n) is 3.36. The van der Waals surface area contributed by atoms with Crippen molar-refractivity contribution in [3.63, 3.8) is 0 Å². The van der Waals surface area contributed by atoms with Crippen LogP contribution in [0.2, 0.25) is 0 Å². The highest BCUT2D eigenvalue weighted by atomic mass is 15.3. The van der Waals surface area contributed by atoms with Crippen LogP contribution >= 0.6 is 0 Å². The van der Waals surface area contributed by atoms with Gasteiger partial charge in [0.1, 0.15) is 0 Å². The molecule has 1 aliphatic carbocycles. The van der Waals surface area contributed by atoms with Crippen molar-refractivity contribution in [3.8, 4) is 0 Å². The molecule has 0 aromatic heterocycles. The Kier molecular flexibility index (Phi) is 0.866. The van der Waals surface area contributed by atoms with E-state index in [0.29, 0.717) is 0 Å². The number of hydrogen-bond donors (Lipinski definition) is 1. The Morgan fingerprint density at radius 1 is 1.62 bits per heavy atom. The first-order chi connectivity index (χ1) is 3.92. The van der Waals surface area contributed by atoms with Crippen LogP contribution in [0.15, 0.2) is 0 Å². The summed E-state index contributed by atoms with van der Waals surface area (Å²) in [7, 11) is 0. The molecule has 0 radical (unpaired) electrons. The molecular weight excluding hydrogens is 100 g/mol. The molecule has 1 saturated heterocycles. The number of hydrogen-bond acceptors (Lipinski definition) is 2. The molecule has 46 valence electrons. The van der Waals surface area contributed by atoms with Gasteiger partial charge in [0, 0.05) is 12.7 Å². The summed E-state index contributed by atoms with van der Waals surface area (Å²) >= 11 is 0. The van der Waals surface area contributed by atoms with Crippen molar-refractivity contribution in [1.29, 1.82) is 0 Å². The van der Waals surface area contributed by atoms with E-state index in [1.807, 2.05) is 0 Å². The van der Waals surface area contributed by atoms with Gasteiger partial charge in [-0.15, -0.1) is 0 Å². The molecule has 2 N–H and O–H groups in total. The molecule has 1 heterocycles. The van der Waals surface area contributed by atoms with Crippen LogP contribution in [-0.2, 0) is 0 Å². The van der Waals surface area contributed by atoms with Gasteiger partial charge in [-0.3, -0.25) is 4.90 Å². The lowest BCUT2D eigenvalue weighted by molar-refractivity contribution is 0.309. The molecule has 2 rings (SSSR count). The fraction of sp³-hybridized carbons (Fsp3) is 1.00. The van der Waals surface area contributed by atoms with Crippen molar-refractivity contribution < 1.29 is 0 Å².